The first kappa shape index (κ1) is 13.7. The first-order valence-electron chi connectivity index (χ1n) is 7.07. The number of hydrogen-bond acceptors (Lipinski definition) is 3. The molecule has 1 aliphatic carbocycles. The van der Waals surface area contributed by atoms with Crippen LogP contribution in [-0.4, -0.2) is 34.5 Å². The molecule has 0 aliphatic heterocycles. The third kappa shape index (κ3) is 3.18. The van der Waals surface area contributed by atoms with E-state index in [1.54, 1.807) is 0 Å². The SMILES string of the molecule is CCN(CC)CCc1nc(=S)c2c([nH]1)CCCC2. The summed E-state index contributed by atoms with van der Waals surface area (Å²) >= 11 is 5.42. The van der Waals surface area contributed by atoms with E-state index < -0.39 is 0 Å². The lowest BCUT2D eigenvalue weighted by atomic mass is 9.97. The van der Waals surface area contributed by atoms with Gasteiger partial charge >= 0.3 is 0 Å². The lowest BCUT2D eigenvalue weighted by molar-refractivity contribution is 0.305. The smallest absolute Gasteiger partial charge is 0.133 e. The lowest BCUT2D eigenvalue weighted by Crippen LogP contribution is -2.26. The fraction of sp³-hybridized carbons (Fsp3) is 0.714. The van der Waals surface area contributed by atoms with Gasteiger partial charge in [0.15, 0.2) is 0 Å². The standard InChI is InChI=1S/C14H23N3S/c1-3-17(4-2)10-9-13-15-12-8-6-5-7-11(12)14(18)16-13/h3-10H2,1-2H3,(H,15,16,18). The minimum Gasteiger partial charge on any atom is -0.347 e. The largest absolute Gasteiger partial charge is 0.347 e. The van der Waals surface area contributed by atoms with Crippen molar-refractivity contribution >= 4 is 12.2 Å². The highest BCUT2D eigenvalue weighted by Gasteiger charge is 2.13. The van der Waals surface area contributed by atoms with Crippen LogP contribution in [0.4, 0.5) is 0 Å². The zero-order valence-electron chi connectivity index (χ0n) is 11.5. The van der Waals surface area contributed by atoms with Gasteiger partial charge in [-0.2, -0.15) is 0 Å². The Kier molecular flexibility index (Phi) is 4.89. The Morgan fingerprint density at radius 3 is 2.67 bits per heavy atom. The van der Waals surface area contributed by atoms with E-state index in [1.165, 1.54) is 24.1 Å². The van der Waals surface area contributed by atoms with Crippen molar-refractivity contribution in [1.82, 2.24) is 14.9 Å². The molecule has 100 valence electrons. The Bertz CT molecular complexity index is 449. The fourth-order valence-corrected chi connectivity index (χ4v) is 2.93. The molecule has 0 spiro atoms. The number of nitrogens with one attached hydrogen (secondary N) is 1. The Labute approximate surface area is 115 Å². The number of likely N-dealkylation sites (N-methyl/N-ethyl adjacent to an activating group) is 1. The summed E-state index contributed by atoms with van der Waals surface area (Å²) in [6, 6.07) is 0. The molecule has 2 rings (SSSR count). The summed E-state index contributed by atoms with van der Waals surface area (Å²) in [6.07, 6.45) is 5.75. The van der Waals surface area contributed by atoms with Crippen LogP contribution in [0.5, 0.6) is 0 Å². The van der Waals surface area contributed by atoms with Gasteiger partial charge in [-0.3, -0.25) is 0 Å². The average Bonchev–Trinajstić information content (AvgIpc) is 2.40. The molecule has 18 heavy (non-hydrogen) atoms. The molecule has 1 aromatic heterocycles. The topological polar surface area (TPSA) is 31.9 Å². The molecular weight excluding hydrogens is 242 g/mol. The molecule has 0 atom stereocenters. The van der Waals surface area contributed by atoms with Gasteiger partial charge in [0.25, 0.3) is 0 Å². The van der Waals surface area contributed by atoms with Gasteiger partial charge in [-0.1, -0.05) is 26.1 Å². The number of rotatable bonds is 5. The predicted octanol–water partition coefficient (Wildman–Crippen LogP) is 2.90. The predicted molar refractivity (Wildman–Crippen MR) is 77.6 cm³/mol. The van der Waals surface area contributed by atoms with Crippen LogP contribution in [0.3, 0.4) is 0 Å². The highest BCUT2D eigenvalue weighted by atomic mass is 32.1. The van der Waals surface area contributed by atoms with E-state index in [4.69, 9.17) is 12.2 Å². The minimum absolute atomic E-state index is 0.831. The molecule has 0 saturated heterocycles. The Morgan fingerprint density at radius 2 is 1.94 bits per heavy atom. The van der Waals surface area contributed by atoms with Gasteiger partial charge < -0.3 is 9.88 Å². The number of aromatic amines is 1. The number of aromatic nitrogens is 2. The highest BCUT2D eigenvalue weighted by Crippen LogP contribution is 2.19. The van der Waals surface area contributed by atoms with E-state index in [0.29, 0.717) is 0 Å². The van der Waals surface area contributed by atoms with Crippen molar-refractivity contribution in [2.24, 2.45) is 0 Å². The molecule has 0 saturated carbocycles. The third-order valence-electron chi connectivity index (χ3n) is 3.82. The second-order valence-corrected chi connectivity index (χ2v) is 5.32. The van der Waals surface area contributed by atoms with Gasteiger partial charge in [-0.25, -0.2) is 4.98 Å². The summed E-state index contributed by atoms with van der Waals surface area (Å²) in [5.74, 6) is 1.06. The van der Waals surface area contributed by atoms with Crippen LogP contribution in [0, 0.1) is 4.64 Å². The molecule has 0 fully saturated rings. The van der Waals surface area contributed by atoms with Crippen LogP contribution in [0.2, 0.25) is 0 Å². The van der Waals surface area contributed by atoms with Gasteiger partial charge in [-0.15, -0.1) is 0 Å². The number of H-pyrrole nitrogens is 1. The van der Waals surface area contributed by atoms with Gasteiger partial charge in [0.2, 0.25) is 0 Å². The number of nitrogens with zero attached hydrogens (tertiary/aromatic N) is 2. The maximum Gasteiger partial charge on any atom is 0.133 e. The lowest BCUT2D eigenvalue weighted by Gasteiger charge is -2.19. The molecule has 0 unspecified atom stereocenters. The van der Waals surface area contributed by atoms with Crippen LogP contribution in [0.1, 0.15) is 43.8 Å². The molecule has 0 amide bonds. The molecule has 0 bridgehead atoms. The van der Waals surface area contributed by atoms with Crippen molar-refractivity contribution in [2.45, 2.75) is 46.0 Å². The van der Waals surface area contributed by atoms with E-state index >= 15 is 0 Å². The maximum absolute atomic E-state index is 5.42. The fourth-order valence-electron chi connectivity index (χ4n) is 2.59. The summed E-state index contributed by atoms with van der Waals surface area (Å²) in [5.41, 5.74) is 2.64. The van der Waals surface area contributed by atoms with Gasteiger partial charge in [-0.05, 0) is 38.8 Å². The van der Waals surface area contributed by atoms with Crippen molar-refractivity contribution in [3.05, 3.63) is 21.7 Å². The van der Waals surface area contributed by atoms with Gasteiger partial charge in [0, 0.05) is 24.2 Å². The molecule has 4 heteroatoms. The van der Waals surface area contributed by atoms with Crippen LogP contribution in [-0.2, 0) is 19.3 Å². The summed E-state index contributed by atoms with van der Waals surface area (Å²) in [4.78, 5) is 10.5. The van der Waals surface area contributed by atoms with E-state index in [0.717, 1.165) is 49.4 Å². The number of hydrogen-bond donors (Lipinski definition) is 1. The van der Waals surface area contributed by atoms with Crippen LogP contribution < -0.4 is 0 Å². The van der Waals surface area contributed by atoms with E-state index in [2.05, 4.69) is 28.7 Å². The van der Waals surface area contributed by atoms with Crippen molar-refractivity contribution in [3.63, 3.8) is 0 Å². The van der Waals surface area contributed by atoms with Crippen LogP contribution in [0.25, 0.3) is 0 Å². The molecule has 1 aliphatic rings. The van der Waals surface area contributed by atoms with Crippen LogP contribution in [0.15, 0.2) is 0 Å². The molecule has 0 aromatic carbocycles. The Morgan fingerprint density at radius 1 is 1.22 bits per heavy atom. The second kappa shape index (κ2) is 6.43. The van der Waals surface area contributed by atoms with Crippen molar-refractivity contribution in [2.75, 3.05) is 19.6 Å². The molecule has 0 radical (unpaired) electrons. The molecular formula is C14H23N3S. The molecule has 1 heterocycles. The number of aryl methyl sites for hydroxylation is 1. The first-order valence-corrected chi connectivity index (χ1v) is 7.48. The Hall–Kier alpha value is -0.740. The van der Waals surface area contributed by atoms with E-state index in [1.807, 2.05) is 0 Å². The van der Waals surface area contributed by atoms with E-state index in [9.17, 15) is 0 Å². The maximum atomic E-state index is 5.42. The summed E-state index contributed by atoms with van der Waals surface area (Å²) in [6.45, 7) is 7.66. The average molecular weight is 265 g/mol. The summed E-state index contributed by atoms with van der Waals surface area (Å²) in [5, 5.41) is 0. The van der Waals surface area contributed by atoms with Gasteiger partial charge in [0.1, 0.15) is 10.5 Å². The Balaban J connectivity index is 2.10. The molecule has 3 nitrogen and oxygen atoms in total. The normalized spacial score (nSPS) is 14.8. The summed E-state index contributed by atoms with van der Waals surface area (Å²) < 4.78 is 0.831. The quantitative estimate of drug-likeness (QED) is 0.831. The molecule has 1 N–H and O–H groups in total. The monoisotopic (exact) mass is 265 g/mol. The van der Waals surface area contributed by atoms with Crippen molar-refractivity contribution in [1.29, 1.82) is 0 Å². The zero-order valence-corrected chi connectivity index (χ0v) is 12.3. The highest BCUT2D eigenvalue weighted by molar-refractivity contribution is 7.71. The summed E-state index contributed by atoms with van der Waals surface area (Å²) in [7, 11) is 0. The van der Waals surface area contributed by atoms with Crippen LogP contribution >= 0.6 is 12.2 Å². The number of fused-ring (bicyclic) bond motifs is 1. The second-order valence-electron chi connectivity index (χ2n) is 4.93. The molecule has 1 aromatic rings. The third-order valence-corrected chi connectivity index (χ3v) is 4.15. The minimum atomic E-state index is 0.831. The van der Waals surface area contributed by atoms with E-state index in [-0.39, 0.29) is 0 Å². The van der Waals surface area contributed by atoms with Crippen molar-refractivity contribution in [3.8, 4) is 0 Å². The van der Waals surface area contributed by atoms with Gasteiger partial charge in [0.05, 0.1) is 0 Å². The first-order chi connectivity index (χ1) is 8.74. The zero-order chi connectivity index (χ0) is 13.0. The van der Waals surface area contributed by atoms with Crippen molar-refractivity contribution < 1.29 is 0 Å².